The summed E-state index contributed by atoms with van der Waals surface area (Å²) in [6, 6.07) is 80.1. The van der Waals surface area contributed by atoms with Crippen LogP contribution in [-0.2, 0) is 0 Å². The maximum atomic E-state index is 5.26. The van der Waals surface area contributed by atoms with E-state index in [-0.39, 0.29) is 0 Å². The maximum absolute atomic E-state index is 5.26. The summed E-state index contributed by atoms with van der Waals surface area (Å²) in [5.74, 6) is 0. The Hall–Kier alpha value is -8.34. The van der Waals surface area contributed by atoms with Gasteiger partial charge >= 0.3 is 0 Å². The van der Waals surface area contributed by atoms with Crippen LogP contribution in [0.4, 0.5) is 17.1 Å². The van der Waals surface area contributed by atoms with E-state index in [9.17, 15) is 0 Å². The highest BCUT2D eigenvalue weighted by molar-refractivity contribution is 6.23. The zero-order valence-electron chi connectivity index (χ0n) is 33.7. The summed E-state index contributed by atoms with van der Waals surface area (Å²) in [6.45, 7) is 0. The third-order valence-electron chi connectivity index (χ3n) is 12.2. The van der Waals surface area contributed by atoms with Gasteiger partial charge in [-0.25, -0.2) is 4.98 Å². The highest BCUT2D eigenvalue weighted by atomic mass is 15.1. The van der Waals surface area contributed by atoms with Crippen molar-refractivity contribution in [1.29, 1.82) is 0 Å². The molecule has 0 aliphatic rings. The van der Waals surface area contributed by atoms with Gasteiger partial charge in [0.25, 0.3) is 0 Å². The Labute approximate surface area is 359 Å². The number of aromatic nitrogens is 3. The number of para-hydroxylation sites is 3. The van der Waals surface area contributed by atoms with Gasteiger partial charge in [0.15, 0.2) is 0 Å². The highest BCUT2D eigenvalue weighted by Crippen LogP contribution is 2.40. The molecule has 0 fully saturated rings. The standard InChI is InChI=1S/C58H38N4/c1-3-16-44(17-4-1)61(47-33-28-40(29-34-47)42-30-35-56-53(37-42)50-22-11-12-25-55(50)62(56)45-18-5-2-6-19-45)46-31-26-39(27-32-46)41-14-13-15-43(36-41)54-38-59-57-51-23-9-7-20-48(51)49-21-8-10-24-52(49)58(57)60-54/h1-38H. The lowest BCUT2D eigenvalue weighted by Gasteiger charge is -2.26. The van der Waals surface area contributed by atoms with Gasteiger partial charge in [-0.1, -0.05) is 152 Å². The molecule has 12 rings (SSSR count). The number of hydrogen-bond donors (Lipinski definition) is 0. The van der Waals surface area contributed by atoms with Crippen molar-refractivity contribution in [3.8, 4) is 39.2 Å². The summed E-state index contributed by atoms with van der Waals surface area (Å²) in [5, 5.41) is 7.12. The van der Waals surface area contributed by atoms with Crippen LogP contribution < -0.4 is 4.90 Å². The molecule has 290 valence electrons. The molecule has 0 saturated heterocycles. The zero-order valence-corrected chi connectivity index (χ0v) is 33.7. The summed E-state index contributed by atoms with van der Waals surface area (Å²) in [5.41, 5.74) is 15.2. The van der Waals surface area contributed by atoms with E-state index in [4.69, 9.17) is 9.97 Å². The Balaban J connectivity index is 0.872. The molecule has 10 aromatic carbocycles. The van der Waals surface area contributed by atoms with Crippen molar-refractivity contribution in [2.24, 2.45) is 0 Å². The van der Waals surface area contributed by atoms with Crippen LogP contribution in [0.3, 0.4) is 0 Å². The van der Waals surface area contributed by atoms with Gasteiger partial charge in [-0.15, -0.1) is 0 Å². The molecule has 2 aromatic heterocycles. The summed E-state index contributed by atoms with van der Waals surface area (Å²) in [7, 11) is 0. The van der Waals surface area contributed by atoms with E-state index < -0.39 is 0 Å². The van der Waals surface area contributed by atoms with Crippen molar-refractivity contribution in [3.63, 3.8) is 0 Å². The first-order valence-electron chi connectivity index (χ1n) is 21.1. The molecule has 0 amide bonds. The van der Waals surface area contributed by atoms with Crippen LogP contribution in [0.25, 0.3) is 93.6 Å². The average molecular weight is 791 g/mol. The van der Waals surface area contributed by atoms with Gasteiger partial charge in [0.2, 0.25) is 0 Å². The summed E-state index contributed by atoms with van der Waals surface area (Å²) < 4.78 is 2.36. The molecule has 0 atom stereocenters. The minimum Gasteiger partial charge on any atom is -0.311 e. The minimum absolute atomic E-state index is 0.856. The molecular formula is C58H38N4. The van der Waals surface area contributed by atoms with Gasteiger partial charge < -0.3 is 9.47 Å². The van der Waals surface area contributed by atoms with Crippen LogP contribution in [0, 0.1) is 0 Å². The monoisotopic (exact) mass is 790 g/mol. The first-order valence-corrected chi connectivity index (χ1v) is 21.1. The maximum Gasteiger partial charge on any atom is 0.0979 e. The Morgan fingerprint density at radius 1 is 0.323 bits per heavy atom. The van der Waals surface area contributed by atoms with Crippen molar-refractivity contribution >= 4 is 71.4 Å². The van der Waals surface area contributed by atoms with Crippen molar-refractivity contribution in [3.05, 3.63) is 231 Å². The van der Waals surface area contributed by atoms with Crippen molar-refractivity contribution in [2.75, 3.05) is 4.90 Å². The molecule has 12 aromatic rings. The zero-order chi connectivity index (χ0) is 41.0. The van der Waals surface area contributed by atoms with Crippen LogP contribution in [0.1, 0.15) is 0 Å². The Kier molecular flexibility index (Phi) is 8.46. The van der Waals surface area contributed by atoms with Gasteiger partial charge in [-0.05, 0) is 106 Å². The van der Waals surface area contributed by atoms with Crippen LogP contribution in [0.5, 0.6) is 0 Å². The molecule has 4 nitrogen and oxygen atoms in total. The van der Waals surface area contributed by atoms with E-state index in [1.54, 1.807) is 0 Å². The fourth-order valence-electron chi connectivity index (χ4n) is 9.26. The first kappa shape index (κ1) is 35.6. The van der Waals surface area contributed by atoms with Crippen LogP contribution >= 0.6 is 0 Å². The number of rotatable bonds is 7. The molecular weight excluding hydrogens is 753 g/mol. The smallest absolute Gasteiger partial charge is 0.0979 e. The molecule has 0 bridgehead atoms. The van der Waals surface area contributed by atoms with Gasteiger partial charge in [0, 0.05) is 49.9 Å². The van der Waals surface area contributed by atoms with Gasteiger partial charge in [-0.3, -0.25) is 4.98 Å². The number of fused-ring (bicyclic) bond motifs is 9. The SMILES string of the molecule is c1ccc(N(c2ccc(-c3cccc(-c4cnc5c6ccccc6c6ccccc6c5n4)c3)cc2)c2ccc(-c3ccc4c(c3)c3ccccc3n4-c3ccccc3)cc2)cc1. The quantitative estimate of drug-likeness (QED) is 0.151. The van der Waals surface area contributed by atoms with Gasteiger partial charge in [0.05, 0.1) is 34.0 Å². The summed E-state index contributed by atoms with van der Waals surface area (Å²) in [4.78, 5) is 12.6. The highest BCUT2D eigenvalue weighted by Gasteiger charge is 2.17. The van der Waals surface area contributed by atoms with Crippen LogP contribution in [0.15, 0.2) is 231 Å². The lowest BCUT2D eigenvalue weighted by Crippen LogP contribution is -2.09. The van der Waals surface area contributed by atoms with E-state index in [1.165, 1.54) is 43.7 Å². The number of nitrogens with zero attached hydrogens (tertiary/aromatic N) is 4. The summed E-state index contributed by atoms with van der Waals surface area (Å²) in [6.07, 6.45) is 1.91. The largest absolute Gasteiger partial charge is 0.311 e. The normalized spacial score (nSPS) is 11.5. The minimum atomic E-state index is 0.856. The Morgan fingerprint density at radius 3 is 1.50 bits per heavy atom. The third-order valence-corrected chi connectivity index (χ3v) is 12.2. The molecule has 0 aliphatic heterocycles. The van der Waals surface area contributed by atoms with E-state index in [1.807, 2.05) is 6.20 Å². The molecule has 62 heavy (non-hydrogen) atoms. The van der Waals surface area contributed by atoms with E-state index in [2.05, 4.69) is 234 Å². The van der Waals surface area contributed by atoms with Crippen LogP contribution in [-0.4, -0.2) is 14.5 Å². The first-order chi connectivity index (χ1) is 30.7. The molecule has 0 radical (unpaired) electrons. The van der Waals surface area contributed by atoms with Crippen molar-refractivity contribution < 1.29 is 0 Å². The number of anilines is 3. The summed E-state index contributed by atoms with van der Waals surface area (Å²) >= 11 is 0. The van der Waals surface area contributed by atoms with E-state index >= 15 is 0 Å². The Morgan fingerprint density at radius 2 is 0.823 bits per heavy atom. The fraction of sp³-hybridized carbons (Fsp3) is 0. The van der Waals surface area contributed by atoms with Crippen molar-refractivity contribution in [2.45, 2.75) is 0 Å². The molecule has 2 heterocycles. The molecule has 0 aliphatic carbocycles. The number of hydrogen-bond acceptors (Lipinski definition) is 3. The van der Waals surface area contributed by atoms with Gasteiger partial charge in [-0.2, -0.15) is 0 Å². The van der Waals surface area contributed by atoms with E-state index in [0.29, 0.717) is 0 Å². The third kappa shape index (κ3) is 6.00. The molecule has 0 saturated carbocycles. The topological polar surface area (TPSA) is 34.0 Å². The van der Waals surface area contributed by atoms with Crippen molar-refractivity contribution in [1.82, 2.24) is 14.5 Å². The molecule has 0 spiro atoms. The predicted octanol–water partition coefficient (Wildman–Crippen LogP) is 15.5. The Bertz CT molecular complexity index is 3580. The average Bonchev–Trinajstić information content (AvgIpc) is 3.69. The second-order valence-electron chi connectivity index (χ2n) is 15.8. The molecule has 0 N–H and O–H groups in total. The fourth-order valence-corrected chi connectivity index (χ4v) is 9.26. The predicted molar refractivity (Wildman–Crippen MR) is 260 cm³/mol. The number of benzene rings is 10. The lowest BCUT2D eigenvalue weighted by atomic mass is 9.99. The van der Waals surface area contributed by atoms with Crippen LogP contribution in [0.2, 0.25) is 0 Å². The molecule has 0 unspecified atom stereocenters. The van der Waals surface area contributed by atoms with E-state index in [0.717, 1.165) is 66.9 Å². The molecule has 4 heteroatoms. The second-order valence-corrected chi connectivity index (χ2v) is 15.8. The van der Waals surface area contributed by atoms with Gasteiger partial charge in [0.1, 0.15) is 0 Å². The second kappa shape index (κ2) is 14.7. The lowest BCUT2D eigenvalue weighted by molar-refractivity contribution is 1.18.